The van der Waals surface area contributed by atoms with Gasteiger partial charge in [0.15, 0.2) is 0 Å². The molecule has 0 spiro atoms. The molecule has 0 aromatic heterocycles. The Morgan fingerprint density at radius 2 is 0.357 bits per heavy atom. The first-order valence-electron chi connectivity index (χ1n) is 5.11. The van der Waals surface area contributed by atoms with Crippen molar-refractivity contribution in [2.24, 2.45) is 0 Å². The first-order chi connectivity index (χ1) is 11.9. The van der Waals surface area contributed by atoms with Gasteiger partial charge in [-0.25, -0.2) is 30.2 Å². The maximum atomic E-state index is 11.1. The molecular formula is O21P7-7. The van der Waals surface area contributed by atoms with E-state index in [2.05, 4.69) is 30.2 Å². The Balaban J connectivity index is 3.49. The van der Waals surface area contributed by atoms with Crippen LogP contribution in [0.5, 0.6) is 0 Å². The number of rotatable bonds is 0. The molecule has 0 aliphatic carbocycles. The summed E-state index contributed by atoms with van der Waals surface area (Å²) in [6.07, 6.45) is 0. The van der Waals surface area contributed by atoms with Crippen LogP contribution in [0.25, 0.3) is 0 Å². The van der Waals surface area contributed by atoms with Gasteiger partial charge in [-0.1, -0.05) is 0 Å². The molecule has 0 aromatic rings. The zero-order chi connectivity index (χ0) is 22.4. The number of hydrogen-bond acceptors (Lipinski definition) is 21. The molecule has 0 bridgehead atoms. The van der Waals surface area contributed by atoms with E-state index in [1.54, 1.807) is 0 Å². The fraction of sp³-hybridized carbons (Fsp3) is 0. The average molecular weight is 553 g/mol. The molecule has 1 fully saturated rings. The number of hydrogen-bond donors (Lipinski definition) is 0. The van der Waals surface area contributed by atoms with E-state index in [1.807, 2.05) is 0 Å². The third-order valence-corrected chi connectivity index (χ3v) is 12.6. The van der Waals surface area contributed by atoms with Gasteiger partial charge in [-0.05, 0) is 0 Å². The molecule has 1 rings (SSSR count). The zero-order valence-corrected chi connectivity index (χ0v) is 18.0. The minimum atomic E-state index is -6.79. The van der Waals surface area contributed by atoms with Gasteiger partial charge in [-0.2, -0.15) is 0 Å². The maximum absolute atomic E-state index is 11.1. The lowest BCUT2D eigenvalue weighted by molar-refractivity contribution is -0.260. The molecule has 1 aliphatic heterocycles. The van der Waals surface area contributed by atoms with Crippen LogP contribution >= 0.6 is 54.8 Å². The van der Waals surface area contributed by atoms with Crippen molar-refractivity contribution in [3.63, 3.8) is 0 Å². The van der Waals surface area contributed by atoms with Crippen molar-refractivity contribution in [3.05, 3.63) is 0 Å². The molecule has 168 valence electrons. The molecule has 0 saturated carbocycles. The van der Waals surface area contributed by atoms with Crippen LogP contribution in [-0.4, -0.2) is 0 Å². The SMILES string of the molecule is O=P1([O-])OP(=O)([O-])OP(=O)([O-])OP(=O)([O-])OP(=O)([O-])OP(=O)([O-])OP(=O)([O-])O1. The number of phosphoric acid groups is 7. The van der Waals surface area contributed by atoms with E-state index >= 15 is 0 Å². The molecule has 0 amide bonds. The molecule has 21 nitrogen and oxygen atoms in total. The minimum absolute atomic E-state index is 2.89. The van der Waals surface area contributed by atoms with Crippen molar-refractivity contribution in [2.45, 2.75) is 0 Å². The van der Waals surface area contributed by atoms with E-state index in [4.69, 9.17) is 0 Å². The highest BCUT2D eigenvalue weighted by Gasteiger charge is 2.36. The summed E-state index contributed by atoms with van der Waals surface area (Å²) in [7, 11) is -47.5. The van der Waals surface area contributed by atoms with Crippen molar-refractivity contribution in [2.75, 3.05) is 0 Å². The second-order valence-electron chi connectivity index (χ2n) is 3.70. The predicted molar refractivity (Wildman–Crippen MR) is 60.8 cm³/mol. The summed E-state index contributed by atoms with van der Waals surface area (Å²) < 4.78 is 97.9. The molecule has 0 atom stereocenters. The predicted octanol–water partition coefficient (Wildman–Crippen LogP) is -3.61. The maximum Gasteiger partial charge on any atom is 0.280 e. The van der Waals surface area contributed by atoms with Gasteiger partial charge in [0.2, 0.25) is 0 Å². The van der Waals surface area contributed by atoms with Gasteiger partial charge in [-0.15, -0.1) is 0 Å². The van der Waals surface area contributed by atoms with Gasteiger partial charge >= 0.3 is 0 Å². The highest BCUT2D eigenvalue weighted by molar-refractivity contribution is 7.74. The largest absolute Gasteiger partial charge is 0.756 e. The second-order valence-corrected chi connectivity index (χ2v) is 14.5. The summed E-state index contributed by atoms with van der Waals surface area (Å²) in [4.78, 5) is 77.7. The Hall–Kier alpha value is 1.05. The van der Waals surface area contributed by atoms with Gasteiger partial charge in [0.1, 0.15) is 0 Å². The van der Waals surface area contributed by atoms with Crippen LogP contribution in [0.15, 0.2) is 0 Å². The zero-order valence-electron chi connectivity index (χ0n) is 11.7. The lowest BCUT2D eigenvalue weighted by Gasteiger charge is -2.41. The summed E-state index contributed by atoms with van der Waals surface area (Å²) in [5.41, 5.74) is 0. The summed E-state index contributed by atoms with van der Waals surface area (Å²) >= 11 is 0. The third kappa shape index (κ3) is 9.90. The lowest BCUT2D eigenvalue weighted by Crippen LogP contribution is -2.21. The summed E-state index contributed by atoms with van der Waals surface area (Å²) in [6.45, 7) is 0. The van der Waals surface area contributed by atoms with Crippen molar-refractivity contribution < 1.29 is 96.4 Å². The van der Waals surface area contributed by atoms with E-state index in [0.29, 0.717) is 0 Å². The van der Waals surface area contributed by atoms with Gasteiger partial charge < -0.3 is 34.3 Å². The van der Waals surface area contributed by atoms with Crippen LogP contribution in [0.1, 0.15) is 0 Å². The highest BCUT2D eigenvalue weighted by Crippen LogP contribution is 2.74. The first kappa shape index (κ1) is 27.1. The molecule has 0 unspecified atom stereocenters. The van der Waals surface area contributed by atoms with Crippen molar-refractivity contribution in [1.29, 1.82) is 0 Å². The average Bonchev–Trinajstić information content (AvgIpc) is 2.10. The van der Waals surface area contributed by atoms with Crippen molar-refractivity contribution >= 4 is 54.8 Å². The summed E-state index contributed by atoms with van der Waals surface area (Å²) in [5, 5.41) is 0. The van der Waals surface area contributed by atoms with Crippen molar-refractivity contribution in [3.8, 4) is 0 Å². The van der Waals surface area contributed by atoms with E-state index in [0.717, 1.165) is 0 Å². The van der Waals surface area contributed by atoms with E-state index in [1.165, 1.54) is 0 Å². The monoisotopic (exact) mass is 553 g/mol. The molecular weight excluding hydrogens is 553 g/mol. The Kier molecular flexibility index (Phi) is 7.93. The molecule has 0 aromatic carbocycles. The van der Waals surface area contributed by atoms with Crippen LogP contribution in [0, 0.1) is 0 Å². The van der Waals surface area contributed by atoms with E-state index in [-0.39, 0.29) is 0 Å². The summed E-state index contributed by atoms with van der Waals surface area (Å²) in [6, 6.07) is 0. The topological polar surface area (TPSA) is 346 Å². The molecule has 0 N–H and O–H groups in total. The first-order valence-corrected chi connectivity index (χ1v) is 15.3. The smallest absolute Gasteiger partial charge is 0.280 e. The lowest BCUT2D eigenvalue weighted by atomic mass is 15.7. The van der Waals surface area contributed by atoms with E-state index in [9.17, 15) is 66.2 Å². The molecule has 1 heterocycles. The Labute approximate surface area is 152 Å². The minimum Gasteiger partial charge on any atom is -0.756 e. The Morgan fingerprint density at radius 3 is 0.429 bits per heavy atom. The molecule has 1 aliphatic rings. The van der Waals surface area contributed by atoms with Crippen LogP contribution in [0.2, 0.25) is 0 Å². The third-order valence-electron chi connectivity index (χ3n) is 1.40. The van der Waals surface area contributed by atoms with Crippen LogP contribution < -0.4 is 34.3 Å². The van der Waals surface area contributed by atoms with Gasteiger partial charge in [0.05, 0.1) is 0 Å². The Bertz CT molecular complexity index is 688. The van der Waals surface area contributed by atoms with Crippen LogP contribution in [0.3, 0.4) is 0 Å². The second kappa shape index (κ2) is 8.19. The van der Waals surface area contributed by atoms with Crippen LogP contribution in [-0.2, 0) is 62.1 Å². The van der Waals surface area contributed by atoms with Gasteiger partial charge in [0.25, 0.3) is 54.8 Å². The molecule has 28 heavy (non-hydrogen) atoms. The quantitative estimate of drug-likeness (QED) is 0.261. The van der Waals surface area contributed by atoms with Crippen LogP contribution in [0.4, 0.5) is 0 Å². The molecule has 0 radical (unpaired) electrons. The normalized spacial score (nSPS) is 55.2. The Morgan fingerprint density at radius 1 is 0.286 bits per heavy atom. The highest BCUT2D eigenvalue weighted by atomic mass is 31.3. The van der Waals surface area contributed by atoms with Crippen molar-refractivity contribution in [1.82, 2.24) is 0 Å². The molecule has 1 saturated heterocycles. The van der Waals surface area contributed by atoms with Gasteiger partial charge in [-0.3, -0.25) is 32.0 Å². The fourth-order valence-electron chi connectivity index (χ4n) is 0.962. The summed E-state index contributed by atoms with van der Waals surface area (Å²) in [5.74, 6) is 0. The van der Waals surface area contributed by atoms with E-state index < -0.39 is 54.8 Å². The van der Waals surface area contributed by atoms with Gasteiger partial charge in [0, 0.05) is 0 Å². The standard InChI is InChI=1S/H7O21P7/c1-22(2)15-23(3,4)17-25(7,8)19-27(11,12)21-28(13,14)20-26(9,10)18-24(5,6)16-22/h(H,1,2)(H,3,4)(H,5,6)(H,7,8)(H,9,10)(H,11,12)(H,13,14)/p-7. The molecule has 28 heteroatoms. The fourth-order valence-corrected chi connectivity index (χ4v) is 10.5.